The number of phenols is 1. The normalized spacial score (nSPS) is 37.3. The third-order valence-electron chi connectivity index (χ3n) is 9.51. The third kappa shape index (κ3) is 3.15. The lowest BCUT2D eigenvalue weighted by atomic mass is 9.49. The zero-order valence-electron chi connectivity index (χ0n) is 20.2. The summed E-state index contributed by atoms with van der Waals surface area (Å²) < 4.78 is 13.0. The fourth-order valence-corrected chi connectivity index (χ4v) is 7.23. The van der Waals surface area contributed by atoms with Gasteiger partial charge in [-0.2, -0.15) is 0 Å². The molecule has 4 nitrogen and oxygen atoms in total. The molecule has 172 valence electrons. The first-order valence-corrected chi connectivity index (χ1v) is 12.5. The molecule has 0 amide bonds. The highest BCUT2D eigenvalue weighted by Gasteiger charge is 2.65. The van der Waals surface area contributed by atoms with E-state index in [1.807, 2.05) is 13.2 Å². The molecule has 4 aliphatic rings. The van der Waals surface area contributed by atoms with Crippen LogP contribution in [0.2, 0.25) is 0 Å². The Labute approximate surface area is 188 Å². The SMILES string of the molecule is CC[C@]12c3c4ccc(O)c3O[C@H]1[C@H](OC)[C@@H]([C@@H](C)C(C)(C)C)CC2[C@H](NCC1CC1)C4. The zero-order valence-corrected chi connectivity index (χ0v) is 20.2. The van der Waals surface area contributed by atoms with E-state index < -0.39 is 0 Å². The number of aromatic hydroxyl groups is 1. The topological polar surface area (TPSA) is 50.7 Å². The van der Waals surface area contributed by atoms with Crippen LogP contribution in [0.5, 0.6) is 11.5 Å². The largest absolute Gasteiger partial charge is 0.504 e. The summed E-state index contributed by atoms with van der Waals surface area (Å²) in [4.78, 5) is 0. The van der Waals surface area contributed by atoms with Crippen molar-refractivity contribution in [1.82, 2.24) is 5.32 Å². The molecule has 1 aromatic rings. The van der Waals surface area contributed by atoms with Crippen molar-refractivity contribution in [3.63, 3.8) is 0 Å². The number of rotatable bonds is 6. The van der Waals surface area contributed by atoms with Crippen molar-refractivity contribution in [3.05, 3.63) is 23.3 Å². The predicted molar refractivity (Wildman–Crippen MR) is 124 cm³/mol. The highest BCUT2D eigenvalue weighted by Crippen LogP contribution is 2.64. The van der Waals surface area contributed by atoms with E-state index in [0.29, 0.717) is 29.5 Å². The van der Waals surface area contributed by atoms with Gasteiger partial charge in [0.1, 0.15) is 6.10 Å². The van der Waals surface area contributed by atoms with Gasteiger partial charge in [0.05, 0.1) is 6.10 Å². The van der Waals surface area contributed by atoms with E-state index in [2.05, 4.69) is 46.0 Å². The van der Waals surface area contributed by atoms with Crippen LogP contribution in [0.25, 0.3) is 0 Å². The number of benzene rings is 1. The van der Waals surface area contributed by atoms with Gasteiger partial charge in [-0.25, -0.2) is 0 Å². The van der Waals surface area contributed by atoms with Gasteiger partial charge < -0.3 is 19.9 Å². The average molecular weight is 428 g/mol. The third-order valence-corrected chi connectivity index (χ3v) is 9.51. The molecule has 0 spiro atoms. The first-order chi connectivity index (χ1) is 14.7. The van der Waals surface area contributed by atoms with Gasteiger partial charge in [-0.3, -0.25) is 0 Å². The molecule has 0 radical (unpaired) electrons. The Bertz CT molecular complexity index is 842. The van der Waals surface area contributed by atoms with Crippen molar-refractivity contribution in [3.8, 4) is 11.5 Å². The first-order valence-electron chi connectivity index (χ1n) is 12.5. The highest BCUT2D eigenvalue weighted by molar-refractivity contribution is 5.60. The van der Waals surface area contributed by atoms with Gasteiger partial charge in [-0.15, -0.1) is 0 Å². The molecule has 2 fully saturated rings. The quantitative estimate of drug-likeness (QED) is 0.666. The van der Waals surface area contributed by atoms with E-state index in [1.165, 1.54) is 24.0 Å². The minimum Gasteiger partial charge on any atom is -0.504 e. The van der Waals surface area contributed by atoms with Crippen molar-refractivity contribution >= 4 is 0 Å². The summed E-state index contributed by atoms with van der Waals surface area (Å²) in [5.41, 5.74) is 2.77. The molecule has 1 aliphatic heterocycles. The second-order valence-electron chi connectivity index (χ2n) is 11.9. The number of phenolic OH excluding ortho intramolecular Hbond substituents is 1. The van der Waals surface area contributed by atoms with E-state index in [-0.39, 0.29) is 23.0 Å². The van der Waals surface area contributed by atoms with Crippen LogP contribution in [0, 0.1) is 29.1 Å². The van der Waals surface area contributed by atoms with Crippen LogP contribution in [0.3, 0.4) is 0 Å². The Hall–Kier alpha value is -1.26. The fraction of sp³-hybridized carbons (Fsp3) is 0.778. The van der Waals surface area contributed by atoms with Crippen LogP contribution in [-0.2, 0) is 16.6 Å². The van der Waals surface area contributed by atoms with Crippen molar-refractivity contribution in [2.75, 3.05) is 13.7 Å². The zero-order chi connectivity index (χ0) is 22.1. The molecular formula is C27H41NO3. The summed E-state index contributed by atoms with van der Waals surface area (Å²) in [6.45, 7) is 12.9. The lowest BCUT2D eigenvalue weighted by molar-refractivity contribution is -0.135. The van der Waals surface area contributed by atoms with Gasteiger partial charge in [-0.05, 0) is 79.4 Å². The molecule has 0 aromatic heterocycles. The molecule has 0 saturated heterocycles. The van der Waals surface area contributed by atoms with Gasteiger partial charge >= 0.3 is 0 Å². The molecule has 0 bridgehead atoms. The molecule has 31 heavy (non-hydrogen) atoms. The van der Waals surface area contributed by atoms with Crippen molar-refractivity contribution < 1.29 is 14.6 Å². The second-order valence-corrected chi connectivity index (χ2v) is 11.9. The number of hydrogen-bond donors (Lipinski definition) is 2. The monoisotopic (exact) mass is 427 g/mol. The Morgan fingerprint density at radius 3 is 2.65 bits per heavy atom. The standard InChI is InChI=1S/C27H41NO3/c1-7-27-19-13-18(15(2)26(3,4)5)23(30-6)25(27)31-24-21(29)11-10-17(22(24)27)12-20(19)28-14-16-8-9-16/h10-11,15-16,18-20,23,25,28-29H,7-9,12-14H2,1-6H3/t15-,18-,19?,20-,23-,25+,27+/m1/s1. The first kappa shape index (κ1) is 21.6. The summed E-state index contributed by atoms with van der Waals surface area (Å²) in [5, 5.41) is 14.8. The fourth-order valence-electron chi connectivity index (χ4n) is 7.23. The summed E-state index contributed by atoms with van der Waals surface area (Å²) in [5.74, 6) is 3.34. The molecule has 2 saturated carbocycles. The number of ether oxygens (including phenoxy) is 2. The average Bonchev–Trinajstić information content (AvgIpc) is 3.49. The van der Waals surface area contributed by atoms with E-state index in [1.54, 1.807) is 0 Å². The Kier molecular flexibility index (Phi) is 5.14. The Morgan fingerprint density at radius 2 is 2.03 bits per heavy atom. The Balaban J connectivity index is 1.62. The molecule has 5 rings (SSSR count). The number of hydrogen-bond acceptors (Lipinski definition) is 4. The van der Waals surface area contributed by atoms with Crippen molar-refractivity contribution in [2.24, 2.45) is 29.1 Å². The lowest BCUT2D eigenvalue weighted by Gasteiger charge is -2.57. The van der Waals surface area contributed by atoms with E-state index >= 15 is 0 Å². The van der Waals surface area contributed by atoms with E-state index in [9.17, 15) is 5.11 Å². The molecule has 2 N–H and O–H groups in total. The van der Waals surface area contributed by atoms with Gasteiger partial charge in [0, 0.05) is 24.1 Å². The minimum atomic E-state index is -0.0857. The minimum absolute atomic E-state index is 0.0345. The van der Waals surface area contributed by atoms with Crippen LogP contribution in [-0.4, -0.2) is 37.0 Å². The number of nitrogens with one attached hydrogen (secondary N) is 1. The summed E-state index contributed by atoms with van der Waals surface area (Å²) in [6.07, 6.45) is 5.95. The van der Waals surface area contributed by atoms with Crippen LogP contribution >= 0.6 is 0 Å². The van der Waals surface area contributed by atoms with Gasteiger partial charge in [0.25, 0.3) is 0 Å². The summed E-state index contributed by atoms with van der Waals surface area (Å²) in [7, 11) is 1.86. The molecule has 7 atom stereocenters. The van der Waals surface area contributed by atoms with Crippen LogP contribution < -0.4 is 10.1 Å². The van der Waals surface area contributed by atoms with Gasteiger partial charge in [0.2, 0.25) is 0 Å². The van der Waals surface area contributed by atoms with Crippen LogP contribution in [0.1, 0.15) is 71.4 Å². The highest BCUT2D eigenvalue weighted by atomic mass is 16.5. The van der Waals surface area contributed by atoms with Crippen molar-refractivity contribution in [2.45, 2.75) is 90.4 Å². The summed E-state index contributed by atoms with van der Waals surface area (Å²) >= 11 is 0. The van der Waals surface area contributed by atoms with Gasteiger partial charge in [0.15, 0.2) is 11.5 Å². The molecule has 1 aromatic carbocycles. The summed E-state index contributed by atoms with van der Waals surface area (Å²) in [6, 6.07) is 4.44. The lowest BCUT2D eigenvalue weighted by Crippen LogP contribution is -2.65. The molecule has 1 heterocycles. The maximum Gasteiger partial charge on any atom is 0.165 e. The predicted octanol–water partition coefficient (Wildman–Crippen LogP) is 5.06. The smallest absolute Gasteiger partial charge is 0.165 e. The molecular weight excluding hydrogens is 386 g/mol. The molecule has 1 unspecified atom stereocenters. The van der Waals surface area contributed by atoms with Crippen LogP contribution in [0.4, 0.5) is 0 Å². The maximum absolute atomic E-state index is 10.8. The van der Waals surface area contributed by atoms with Gasteiger partial charge in [-0.1, -0.05) is 40.7 Å². The van der Waals surface area contributed by atoms with E-state index in [0.717, 1.165) is 37.5 Å². The maximum atomic E-state index is 10.8. The number of methoxy groups -OCH3 is 1. The second kappa shape index (κ2) is 7.38. The molecule has 4 heteroatoms. The molecule has 3 aliphatic carbocycles. The van der Waals surface area contributed by atoms with Crippen molar-refractivity contribution in [1.29, 1.82) is 0 Å². The Morgan fingerprint density at radius 1 is 1.29 bits per heavy atom. The van der Waals surface area contributed by atoms with Crippen LogP contribution in [0.15, 0.2) is 12.1 Å². The van der Waals surface area contributed by atoms with E-state index in [4.69, 9.17) is 9.47 Å².